The van der Waals surface area contributed by atoms with Crippen molar-refractivity contribution in [3.05, 3.63) is 203 Å². The lowest BCUT2D eigenvalue weighted by Gasteiger charge is -2.21. The number of methoxy groups -OCH3 is 4. The van der Waals surface area contributed by atoms with Gasteiger partial charge in [0, 0.05) is 33.4 Å². The van der Waals surface area contributed by atoms with Gasteiger partial charge in [0.25, 0.3) is 0 Å². The highest BCUT2D eigenvalue weighted by Gasteiger charge is 2.23. The van der Waals surface area contributed by atoms with Crippen molar-refractivity contribution in [3.8, 4) is 45.6 Å². The fourth-order valence-electron chi connectivity index (χ4n) is 7.57. The minimum absolute atomic E-state index is 0.274. The van der Waals surface area contributed by atoms with Crippen LogP contribution in [0.3, 0.4) is 0 Å². The summed E-state index contributed by atoms with van der Waals surface area (Å²) in [5.74, 6) is 1.22. The maximum atomic E-state index is 13.6. The van der Waals surface area contributed by atoms with E-state index >= 15 is 0 Å². The first kappa shape index (κ1) is 43.9. The number of fused-ring (bicyclic) bond motifs is 2. The van der Waals surface area contributed by atoms with E-state index in [4.69, 9.17) is 28.4 Å². The second kappa shape index (κ2) is 19.7. The molecule has 0 heterocycles. The number of esters is 2. The molecule has 0 aromatic heterocycles. The number of hydrogen-bond donors (Lipinski definition) is 0. The van der Waals surface area contributed by atoms with Crippen LogP contribution in [0.15, 0.2) is 170 Å². The predicted molar refractivity (Wildman–Crippen MR) is 256 cm³/mol. The van der Waals surface area contributed by atoms with E-state index in [0.29, 0.717) is 67.9 Å². The zero-order valence-electron chi connectivity index (χ0n) is 36.4. The molecule has 66 heavy (non-hydrogen) atoms. The van der Waals surface area contributed by atoms with E-state index in [1.807, 2.05) is 60.7 Å². The van der Waals surface area contributed by atoms with Crippen LogP contribution in [0.2, 0.25) is 0 Å². The first-order valence-electron chi connectivity index (χ1n) is 20.7. The maximum absolute atomic E-state index is 13.6. The van der Waals surface area contributed by atoms with Crippen LogP contribution < -0.4 is 28.4 Å². The number of allylic oxidation sites excluding steroid dienone is 2. The molecule has 0 N–H and O–H groups in total. The Balaban J connectivity index is 1.09. The minimum atomic E-state index is -0.537. The van der Waals surface area contributed by atoms with Crippen molar-refractivity contribution in [1.82, 2.24) is 0 Å². The first-order chi connectivity index (χ1) is 32.2. The lowest BCUT2D eigenvalue weighted by Crippen LogP contribution is -2.08. The van der Waals surface area contributed by atoms with Crippen molar-refractivity contribution in [2.45, 2.75) is 0 Å². The average Bonchev–Trinajstić information content (AvgIpc) is 3.36. The van der Waals surface area contributed by atoms with Gasteiger partial charge in [-0.25, -0.2) is 9.59 Å². The zero-order valence-corrected chi connectivity index (χ0v) is 36.4. The number of hydrogen-bond acceptors (Lipinski definition) is 10. The van der Waals surface area contributed by atoms with Gasteiger partial charge >= 0.3 is 11.9 Å². The molecular weight excluding hydrogens is 833 g/mol. The number of carbonyl (C=O) groups is 4. The Kier molecular flexibility index (Phi) is 13.1. The third-order valence-corrected chi connectivity index (χ3v) is 10.9. The van der Waals surface area contributed by atoms with Crippen molar-refractivity contribution in [2.24, 2.45) is 0 Å². The van der Waals surface area contributed by atoms with Crippen LogP contribution in [-0.4, -0.2) is 51.9 Å². The molecule has 8 rings (SSSR count). The van der Waals surface area contributed by atoms with Gasteiger partial charge in [0.05, 0.1) is 39.6 Å². The SMILES string of the molecule is COc1ccc(C(=O)Oc2ccc(C(=O)/C=C/c3cc4ccccc4c(-c4c(OC)c(/C=C/C(=O)c5ccc(OC(=O)c6ccc(OC)cc6)cc5)cc5ccccc45)c3OC)cc2)cc1. The molecule has 0 radical (unpaired) electrons. The summed E-state index contributed by atoms with van der Waals surface area (Å²) in [4.78, 5) is 52.6. The van der Waals surface area contributed by atoms with Crippen LogP contribution in [0.25, 0.3) is 44.8 Å². The first-order valence-corrected chi connectivity index (χ1v) is 20.7. The van der Waals surface area contributed by atoms with Crippen molar-refractivity contribution < 1.29 is 47.6 Å². The topological polar surface area (TPSA) is 124 Å². The van der Waals surface area contributed by atoms with Gasteiger partial charge in [0.2, 0.25) is 0 Å². The Labute approximate surface area is 380 Å². The molecule has 0 bridgehead atoms. The molecule has 326 valence electrons. The molecule has 0 saturated heterocycles. The predicted octanol–water partition coefficient (Wildman–Crippen LogP) is 11.9. The summed E-state index contributed by atoms with van der Waals surface area (Å²) in [6.45, 7) is 0. The van der Waals surface area contributed by atoms with Gasteiger partial charge < -0.3 is 28.4 Å². The van der Waals surface area contributed by atoms with E-state index in [9.17, 15) is 19.2 Å². The largest absolute Gasteiger partial charge is 0.497 e. The standard InChI is InChI=1S/C56H42O10/c1-61-43-23-17-37(18-24-43)55(59)65-45-27-13-35(14-28-45)49(57)31-21-41-33-39-9-5-7-11-47(39)51(53(41)63-3)52-48-12-8-6-10-40(48)34-42(54(52)64-4)22-32-50(58)36-15-29-46(30-16-36)66-56(60)38-19-25-44(62-2)26-20-38/h5-34H,1-4H3/b31-21+,32-22+. The summed E-state index contributed by atoms with van der Waals surface area (Å²) < 4.78 is 33.8. The van der Waals surface area contributed by atoms with Crippen LogP contribution >= 0.6 is 0 Å². The normalized spacial score (nSPS) is 11.2. The molecule has 0 unspecified atom stereocenters. The summed E-state index contributed by atoms with van der Waals surface area (Å²) in [5, 5.41) is 3.55. The van der Waals surface area contributed by atoms with Gasteiger partial charge in [-0.1, -0.05) is 48.5 Å². The number of carbonyl (C=O) groups excluding carboxylic acids is 4. The summed E-state index contributed by atoms with van der Waals surface area (Å²) in [5.41, 5.74) is 4.26. The van der Waals surface area contributed by atoms with E-state index in [2.05, 4.69) is 0 Å². The third kappa shape index (κ3) is 9.44. The lowest BCUT2D eigenvalue weighted by atomic mass is 9.88. The quantitative estimate of drug-likeness (QED) is 0.0425. The monoisotopic (exact) mass is 874 g/mol. The Bertz CT molecular complexity index is 2950. The highest BCUT2D eigenvalue weighted by molar-refractivity contribution is 6.14. The molecule has 0 fully saturated rings. The van der Waals surface area contributed by atoms with E-state index < -0.39 is 11.9 Å². The molecule has 0 amide bonds. The molecule has 0 spiro atoms. The number of benzene rings is 8. The molecule has 8 aromatic carbocycles. The number of rotatable bonds is 15. The summed E-state index contributed by atoms with van der Waals surface area (Å²) in [6, 6.07) is 45.6. The van der Waals surface area contributed by atoms with Crippen molar-refractivity contribution >= 4 is 57.2 Å². The summed E-state index contributed by atoms with van der Waals surface area (Å²) >= 11 is 0. The average molecular weight is 875 g/mol. The Morgan fingerprint density at radius 3 is 1.06 bits per heavy atom. The lowest BCUT2D eigenvalue weighted by molar-refractivity contribution is 0.0725. The number of ether oxygens (including phenoxy) is 6. The fourth-order valence-corrected chi connectivity index (χ4v) is 7.57. The van der Waals surface area contributed by atoms with E-state index in [1.54, 1.807) is 138 Å². The Morgan fingerprint density at radius 1 is 0.379 bits per heavy atom. The Hall–Kier alpha value is -8.76. The van der Waals surface area contributed by atoms with Crippen LogP contribution in [0.5, 0.6) is 34.5 Å². The molecule has 0 aliphatic carbocycles. The molecule has 0 aliphatic rings. The van der Waals surface area contributed by atoms with Crippen LogP contribution in [0.1, 0.15) is 52.6 Å². The van der Waals surface area contributed by atoms with Gasteiger partial charge in [0.1, 0.15) is 34.5 Å². The smallest absolute Gasteiger partial charge is 0.343 e. The molecule has 0 atom stereocenters. The van der Waals surface area contributed by atoms with Gasteiger partial charge in [-0.2, -0.15) is 0 Å². The van der Waals surface area contributed by atoms with Crippen LogP contribution in [0.4, 0.5) is 0 Å². The highest BCUT2D eigenvalue weighted by Crippen LogP contribution is 2.49. The van der Waals surface area contributed by atoms with E-state index in [0.717, 1.165) is 32.7 Å². The zero-order chi connectivity index (χ0) is 46.2. The van der Waals surface area contributed by atoms with Gasteiger partial charge in [-0.3, -0.25) is 9.59 Å². The Morgan fingerprint density at radius 2 is 0.712 bits per heavy atom. The van der Waals surface area contributed by atoms with Crippen LogP contribution in [0, 0.1) is 0 Å². The molecule has 10 nitrogen and oxygen atoms in total. The van der Waals surface area contributed by atoms with E-state index in [-0.39, 0.29) is 11.6 Å². The van der Waals surface area contributed by atoms with Gasteiger partial charge in [-0.15, -0.1) is 0 Å². The molecule has 0 saturated carbocycles. The summed E-state index contributed by atoms with van der Waals surface area (Å²) in [7, 11) is 6.26. The minimum Gasteiger partial charge on any atom is -0.497 e. The second-order valence-electron chi connectivity index (χ2n) is 14.9. The van der Waals surface area contributed by atoms with Crippen molar-refractivity contribution in [1.29, 1.82) is 0 Å². The molecule has 8 aromatic rings. The number of ketones is 2. The molecule has 0 aliphatic heterocycles. The van der Waals surface area contributed by atoms with E-state index in [1.165, 1.54) is 12.2 Å². The van der Waals surface area contributed by atoms with Crippen molar-refractivity contribution in [2.75, 3.05) is 28.4 Å². The third-order valence-electron chi connectivity index (χ3n) is 10.9. The molecule has 10 heteroatoms. The summed E-state index contributed by atoms with van der Waals surface area (Å²) in [6.07, 6.45) is 6.40. The highest BCUT2D eigenvalue weighted by atomic mass is 16.5. The van der Waals surface area contributed by atoms with Crippen LogP contribution in [-0.2, 0) is 0 Å². The molecular formula is C56H42O10. The second-order valence-corrected chi connectivity index (χ2v) is 14.9. The fraction of sp³-hybridized carbons (Fsp3) is 0.0714. The maximum Gasteiger partial charge on any atom is 0.343 e. The van der Waals surface area contributed by atoms with Gasteiger partial charge in [-0.05, 0) is 155 Å². The van der Waals surface area contributed by atoms with Gasteiger partial charge in [0.15, 0.2) is 11.6 Å². The van der Waals surface area contributed by atoms with Crippen molar-refractivity contribution in [3.63, 3.8) is 0 Å².